The average molecular weight is 363 g/mol. The van der Waals surface area contributed by atoms with Gasteiger partial charge in [-0.15, -0.1) is 0 Å². The molecule has 0 saturated carbocycles. The highest BCUT2D eigenvalue weighted by atomic mass is 28.4. The van der Waals surface area contributed by atoms with E-state index in [1.807, 2.05) is 11.1 Å². The van der Waals surface area contributed by atoms with Crippen molar-refractivity contribution in [3.05, 3.63) is 24.0 Å². The highest BCUT2D eigenvalue weighted by molar-refractivity contribution is 6.74. The number of fused-ring (bicyclic) bond motifs is 1. The molecule has 1 fully saturated rings. The van der Waals surface area contributed by atoms with E-state index in [0.717, 1.165) is 37.9 Å². The van der Waals surface area contributed by atoms with Gasteiger partial charge < -0.3 is 9.16 Å². The van der Waals surface area contributed by atoms with E-state index in [0.29, 0.717) is 5.71 Å². The van der Waals surface area contributed by atoms with E-state index in [1.165, 1.54) is 0 Å². The minimum Gasteiger partial charge on any atom is -0.544 e. The fourth-order valence-corrected chi connectivity index (χ4v) is 4.26. The number of hydrazone groups is 1. The third kappa shape index (κ3) is 3.60. The molecule has 1 saturated heterocycles. The maximum Gasteiger partial charge on any atom is 0.250 e. The number of ether oxygens (including phenoxy) is 1. The lowest BCUT2D eigenvalue weighted by atomic mass is 9.91. The fraction of sp³-hybridized carbons (Fsp3) is 0.684. The van der Waals surface area contributed by atoms with Crippen molar-refractivity contribution in [1.29, 1.82) is 0 Å². The van der Waals surface area contributed by atoms with Gasteiger partial charge in [0.25, 0.3) is 0 Å². The smallest absolute Gasteiger partial charge is 0.250 e. The van der Waals surface area contributed by atoms with Gasteiger partial charge in [0.1, 0.15) is 11.9 Å². The van der Waals surface area contributed by atoms with Crippen LogP contribution in [0.1, 0.15) is 40.0 Å². The Morgan fingerprint density at radius 3 is 2.72 bits per heavy atom. The highest BCUT2D eigenvalue weighted by Gasteiger charge is 2.43. The molecule has 25 heavy (non-hydrogen) atoms. The highest BCUT2D eigenvalue weighted by Crippen LogP contribution is 2.40. The SMILES string of the molecule is CC(C)(C)[Si](C)(C)OC1=CC2C(C=O)=NN(C3CCCCO3)C2C=C1. The molecule has 1 aliphatic carbocycles. The van der Waals surface area contributed by atoms with E-state index in [-0.39, 0.29) is 23.2 Å². The Morgan fingerprint density at radius 2 is 2.12 bits per heavy atom. The zero-order valence-corrected chi connectivity index (χ0v) is 17.0. The number of nitrogens with zero attached hydrogens (tertiary/aromatic N) is 2. The summed E-state index contributed by atoms with van der Waals surface area (Å²) in [6.45, 7) is 11.9. The normalized spacial score (nSPS) is 29.8. The van der Waals surface area contributed by atoms with Crippen LogP contribution in [0.2, 0.25) is 18.1 Å². The van der Waals surface area contributed by atoms with Gasteiger partial charge in [0.05, 0.1) is 17.7 Å². The van der Waals surface area contributed by atoms with Crippen LogP contribution in [-0.4, -0.2) is 44.2 Å². The van der Waals surface area contributed by atoms with Crippen molar-refractivity contribution in [2.75, 3.05) is 6.61 Å². The summed E-state index contributed by atoms with van der Waals surface area (Å²) >= 11 is 0. The quantitative estimate of drug-likeness (QED) is 0.563. The third-order valence-electron chi connectivity index (χ3n) is 5.80. The first-order chi connectivity index (χ1) is 11.7. The van der Waals surface area contributed by atoms with Crippen LogP contribution in [0.15, 0.2) is 29.1 Å². The molecule has 3 aliphatic rings. The lowest BCUT2D eigenvalue weighted by Gasteiger charge is -2.38. The number of hydrogen-bond acceptors (Lipinski definition) is 5. The molecule has 0 radical (unpaired) electrons. The largest absolute Gasteiger partial charge is 0.544 e. The van der Waals surface area contributed by atoms with Gasteiger partial charge in [-0.2, -0.15) is 5.10 Å². The molecular weight excluding hydrogens is 332 g/mol. The molecule has 0 aromatic rings. The molecule has 138 valence electrons. The van der Waals surface area contributed by atoms with Gasteiger partial charge in [0.2, 0.25) is 8.32 Å². The summed E-state index contributed by atoms with van der Waals surface area (Å²) in [5.41, 5.74) is 0.569. The Morgan fingerprint density at radius 1 is 1.36 bits per heavy atom. The minimum atomic E-state index is -1.90. The topological polar surface area (TPSA) is 51.1 Å². The summed E-state index contributed by atoms with van der Waals surface area (Å²) < 4.78 is 12.3. The number of carbonyl (C=O) groups is 1. The van der Waals surface area contributed by atoms with Crippen LogP contribution in [-0.2, 0) is 14.0 Å². The fourth-order valence-electron chi connectivity index (χ4n) is 3.23. The summed E-state index contributed by atoms with van der Waals surface area (Å²) in [4.78, 5) is 11.6. The standard InChI is InChI=1S/C19H30N2O3Si/c1-19(2,3)25(4,5)24-14-9-10-17-15(12-14)16(13-22)20-21(17)18-8-6-7-11-23-18/h9-10,12-13,15,17-18H,6-8,11H2,1-5H3. The number of aldehydes is 1. The predicted molar refractivity (Wildman–Crippen MR) is 102 cm³/mol. The molecule has 0 spiro atoms. The van der Waals surface area contributed by atoms with Crippen LogP contribution in [0.5, 0.6) is 0 Å². The molecular formula is C19H30N2O3Si. The first-order valence-corrected chi connectivity index (χ1v) is 12.2. The summed E-state index contributed by atoms with van der Waals surface area (Å²) in [6, 6.07) is 0.0510. The summed E-state index contributed by atoms with van der Waals surface area (Å²) in [5.74, 6) is 0.821. The van der Waals surface area contributed by atoms with Crippen molar-refractivity contribution >= 4 is 20.3 Å². The van der Waals surface area contributed by atoms with Crippen molar-refractivity contribution in [3.8, 4) is 0 Å². The number of rotatable bonds is 4. The monoisotopic (exact) mass is 362 g/mol. The molecule has 5 nitrogen and oxygen atoms in total. The van der Waals surface area contributed by atoms with Crippen LogP contribution >= 0.6 is 0 Å². The number of allylic oxidation sites excluding steroid dienone is 1. The Hall–Kier alpha value is -1.40. The summed E-state index contributed by atoms with van der Waals surface area (Å²) in [6.07, 6.45) is 10.3. The molecule has 2 heterocycles. The Kier molecular flexibility index (Phi) is 4.94. The molecule has 2 aliphatic heterocycles. The first kappa shape index (κ1) is 18.4. The van der Waals surface area contributed by atoms with E-state index in [2.05, 4.69) is 51.1 Å². The Bertz CT molecular complexity index is 613. The molecule has 0 bridgehead atoms. The van der Waals surface area contributed by atoms with Gasteiger partial charge >= 0.3 is 0 Å². The second-order valence-electron chi connectivity index (χ2n) is 8.65. The van der Waals surface area contributed by atoms with E-state index in [9.17, 15) is 4.79 Å². The van der Waals surface area contributed by atoms with Gasteiger partial charge in [-0.1, -0.05) is 26.8 Å². The van der Waals surface area contributed by atoms with E-state index in [1.54, 1.807) is 0 Å². The summed E-state index contributed by atoms with van der Waals surface area (Å²) in [5, 5.41) is 6.68. The van der Waals surface area contributed by atoms with Crippen LogP contribution in [0.4, 0.5) is 0 Å². The van der Waals surface area contributed by atoms with Gasteiger partial charge in [0, 0.05) is 6.61 Å². The molecule has 0 aromatic heterocycles. The molecule has 6 heteroatoms. The molecule has 0 aromatic carbocycles. The first-order valence-electron chi connectivity index (χ1n) is 9.25. The second-order valence-corrected chi connectivity index (χ2v) is 13.4. The average Bonchev–Trinajstić information content (AvgIpc) is 2.92. The van der Waals surface area contributed by atoms with Gasteiger partial charge in [-0.05, 0) is 49.5 Å². The summed E-state index contributed by atoms with van der Waals surface area (Å²) in [7, 11) is -1.90. The van der Waals surface area contributed by atoms with Crippen molar-refractivity contribution in [2.45, 2.75) is 70.4 Å². The maximum absolute atomic E-state index is 11.6. The van der Waals surface area contributed by atoms with Crippen LogP contribution < -0.4 is 0 Å². The zero-order chi connectivity index (χ0) is 18.2. The lowest BCUT2D eigenvalue weighted by molar-refractivity contribution is -0.102. The van der Waals surface area contributed by atoms with Crippen molar-refractivity contribution in [3.63, 3.8) is 0 Å². The number of carbonyl (C=O) groups excluding carboxylic acids is 1. The Balaban J connectivity index is 1.79. The predicted octanol–water partition coefficient (Wildman–Crippen LogP) is 3.84. The van der Waals surface area contributed by atoms with Gasteiger partial charge in [0.15, 0.2) is 6.29 Å². The van der Waals surface area contributed by atoms with E-state index >= 15 is 0 Å². The molecule has 3 unspecified atom stereocenters. The lowest BCUT2D eigenvalue weighted by Crippen LogP contribution is -2.43. The minimum absolute atomic E-state index is 0.0281. The van der Waals surface area contributed by atoms with Crippen LogP contribution in [0.3, 0.4) is 0 Å². The van der Waals surface area contributed by atoms with Crippen LogP contribution in [0, 0.1) is 5.92 Å². The van der Waals surface area contributed by atoms with Gasteiger partial charge in [-0.3, -0.25) is 9.80 Å². The Labute approximate surface area is 151 Å². The van der Waals surface area contributed by atoms with Gasteiger partial charge in [-0.25, -0.2) is 0 Å². The third-order valence-corrected chi connectivity index (χ3v) is 10.2. The molecule has 3 rings (SSSR count). The zero-order valence-electron chi connectivity index (χ0n) is 16.0. The molecule has 0 N–H and O–H groups in total. The van der Waals surface area contributed by atoms with Crippen molar-refractivity contribution in [1.82, 2.24) is 5.01 Å². The second kappa shape index (κ2) is 6.72. The molecule has 0 amide bonds. The van der Waals surface area contributed by atoms with E-state index in [4.69, 9.17) is 9.16 Å². The maximum atomic E-state index is 11.6. The van der Waals surface area contributed by atoms with Crippen molar-refractivity contribution in [2.24, 2.45) is 11.0 Å². The van der Waals surface area contributed by atoms with E-state index < -0.39 is 8.32 Å². The molecule has 3 atom stereocenters. The van der Waals surface area contributed by atoms with Crippen LogP contribution in [0.25, 0.3) is 0 Å². The van der Waals surface area contributed by atoms with Crippen molar-refractivity contribution < 1.29 is 14.0 Å². The number of hydrogen-bond donors (Lipinski definition) is 0.